The lowest BCUT2D eigenvalue weighted by Gasteiger charge is -2.08. The molecular weight excluding hydrogens is 314 g/mol. The van der Waals surface area contributed by atoms with Gasteiger partial charge in [0.1, 0.15) is 5.75 Å². The number of imidazole rings is 1. The van der Waals surface area contributed by atoms with Gasteiger partial charge >= 0.3 is 0 Å². The van der Waals surface area contributed by atoms with Gasteiger partial charge in [0.25, 0.3) is 5.91 Å². The summed E-state index contributed by atoms with van der Waals surface area (Å²) in [5.74, 6) is 0.496. The molecule has 0 spiro atoms. The van der Waals surface area contributed by atoms with Gasteiger partial charge in [0.15, 0.2) is 6.61 Å². The molecule has 0 bridgehead atoms. The molecule has 1 aromatic heterocycles. The first-order valence-electron chi connectivity index (χ1n) is 8.60. The number of nitrogens with one attached hydrogen (secondary N) is 1. The minimum Gasteiger partial charge on any atom is -0.484 e. The van der Waals surface area contributed by atoms with Gasteiger partial charge in [-0.3, -0.25) is 4.79 Å². The molecule has 0 saturated heterocycles. The van der Waals surface area contributed by atoms with Crippen LogP contribution < -0.4 is 10.1 Å². The summed E-state index contributed by atoms with van der Waals surface area (Å²) in [6.07, 6.45) is 4.13. The lowest BCUT2D eigenvalue weighted by molar-refractivity contribution is -0.118. The third kappa shape index (κ3) is 4.38. The smallest absolute Gasteiger partial charge is 0.262 e. The fourth-order valence-electron chi connectivity index (χ4n) is 2.63. The first-order valence-corrected chi connectivity index (χ1v) is 8.60. The standard InChI is InChI=1S/C20H23N3O2/c1-3-4-11-23-14-21-18-12-16(7-10-19(18)23)22-20(24)13-25-17-8-5-15(2)6-9-17/h5-10,12,14H,3-4,11,13H2,1-2H3,(H,22,24). The van der Waals surface area contributed by atoms with Crippen molar-refractivity contribution >= 4 is 22.6 Å². The molecule has 0 atom stereocenters. The molecule has 1 amide bonds. The maximum atomic E-state index is 12.1. The van der Waals surface area contributed by atoms with Crippen LogP contribution in [0.2, 0.25) is 0 Å². The van der Waals surface area contributed by atoms with Gasteiger partial charge in [-0.25, -0.2) is 4.98 Å². The lowest BCUT2D eigenvalue weighted by atomic mass is 10.2. The van der Waals surface area contributed by atoms with Crippen molar-refractivity contribution in [2.45, 2.75) is 33.2 Å². The van der Waals surface area contributed by atoms with Gasteiger partial charge in [0.2, 0.25) is 0 Å². The van der Waals surface area contributed by atoms with E-state index in [0.29, 0.717) is 5.75 Å². The number of anilines is 1. The number of nitrogens with zero attached hydrogens (tertiary/aromatic N) is 2. The Labute approximate surface area is 147 Å². The van der Waals surface area contributed by atoms with Crippen LogP contribution in [0.3, 0.4) is 0 Å². The molecule has 3 rings (SSSR count). The van der Waals surface area contributed by atoms with Crippen LogP contribution in [0.15, 0.2) is 48.8 Å². The first-order chi connectivity index (χ1) is 12.2. The lowest BCUT2D eigenvalue weighted by Crippen LogP contribution is -2.20. The van der Waals surface area contributed by atoms with Gasteiger partial charge in [-0.05, 0) is 43.7 Å². The number of unbranched alkanes of at least 4 members (excludes halogenated alkanes) is 1. The molecule has 130 valence electrons. The molecule has 0 aliphatic rings. The zero-order valence-electron chi connectivity index (χ0n) is 14.7. The maximum absolute atomic E-state index is 12.1. The van der Waals surface area contributed by atoms with Crippen LogP contribution in [0, 0.1) is 6.92 Å². The summed E-state index contributed by atoms with van der Waals surface area (Å²) in [6, 6.07) is 13.4. The maximum Gasteiger partial charge on any atom is 0.262 e. The molecule has 0 unspecified atom stereocenters. The second-order valence-electron chi connectivity index (χ2n) is 6.14. The van der Waals surface area contributed by atoms with Crippen molar-refractivity contribution in [3.63, 3.8) is 0 Å². The summed E-state index contributed by atoms with van der Waals surface area (Å²) in [7, 11) is 0. The molecule has 0 aliphatic heterocycles. The average Bonchev–Trinajstić information content (AvgIpc) is 3.01. The minimum absolute atomic E-state index is 0.0218. The van der Waals surface area contributed by atoms with Gasteiger partial charge in [-0.15, -0.1) is 0 Å². The summed E-state index contributed by atoms with van der Waals surface area (Å²) in [5, 5.41) is 2.85. The number of ether oxygens (including phenoxy) is 1. The van der Waals surface area contributed by atoms with Crippen molar-refractivity contribution in [3.8, 4) is 5.75 Å². The molecular formula is C20H23N3O2. The molecule has 5 nitrogen and oxygen atoms in total. The molecule has 25 heavy (non-hydrogen) atoms. The monoisotopic (exact) mass is 337 g/mol. The SMILES string of the molecule is CCCCn1cnc2cc(NC(=O)COc3ccc(C)cc3)ccc21. The fraction of sp³-hybridized carbons (Fsp3) is 0.300. The van der Waals surface area contributed by atoms with E-state index in [1.165, 1.54) is 0 Å². The molecule has 0 saturated carbocycles. The molecule has 1 N–H and O–H groups in total. The highest BCUT2D eigenvalue weighted by Crippen LogP contribution is 2.19. The highest BCUT2D eigenvalue weighted by molar-refractivity contribution is 5.94. The fourth-order valence-corrected chi connectivity index (χ4v) is 2.63. The summed E-state index contributed by atoms with van der Waals surface area (Å²) in [5.41, 5.74) is 3.85. The quantitative estimate of drug-likeness (QED) is 0.704. The number of benzene rings is 2. The number of rotatable bonds is 7. The summed E-state index contributed by atoms with van der Waals surface area (Å²) in [6.45, 7) is 5.12. The van der Waals surface area contributed by atoms with E-state index >= 15 is 0 Å². The topological polar surface area (TPSA) is 56.2 Å². The van der Waals surface area contributed by atoms with E-state index in [4.69, 9.17) is 4.74 Å². The zero-order chi connectivity index (χ0) is 17.6. The van der Waals surface area contributed by atoms with E-state index in [1.807, 2.05) is 55.7 Å². The van der Waals surface area contributed by atoms with E-state index < -0.39 is 0 Å². The Morgan fingerprint density at radius 3 is 2.76 bits per heavy atom. The van der Waals surface area contributed by atoms with Crippen molar-refractivity contribution in [1.29, 1.82) is 0 Å². The van der Waals surface area contributed by atoms with E-state index in [0.717, 1.165) is 41.7 Å². The average molecular weight is 337 g/mol. The molecule has 0 aliphatic carbocycles. The van der Waals surface area contributed by atoms with Crippen molar-refractivity contribution < 1.29 is 9.53 Å². The Bertz CT molecular complexity index is 853. The number of hydrogen-bond acceptors (Lipinski definition) is 3. The summed E-state index contributed by atoms with van der Waals surface area (Å²) >= 11 is 0. The highest BCUT2D eigenvalue weighted by atomic mass is 16.5. The Morgan fingerprint density at radius 2 is 2.00 bits per heavy atom. The van der Waals surface area contributed by atoms with Gasteiger partial charge < -0.3 is 14.6 Å². The van der Waals surface area contributed by atoms with Crippen molar-refractivity contribution in [2.24, 2.45) is 0 Å². The second kappa shape index (κ2) is 7.83. The van der Waals surface area contributed by atoms with E-state index in [-0.39, 0.29) is 12.5 Å². The van der Waals surface area contributed by atoms with Gasteiger partial charge in [-0.1, -0.05) is 31.0 Å². The number of aryl methyl sites for hydroxylation is 2. The number of aromatic nitrogens is 2. The number of hydrogen-bond donors (Lipinski definition) is 1. The van der Waals surface area contributed by atoms with Crippen molar-refractivity contribution in [1.82, 2.24) is 9.55 Å². The normalized spacial score (nSPS) is 10.8. The van der Waals surface area contributed by atoms with Crippen LogP contribution in [0.1, 0.15) is 25.3 Å². The van der Waals surface area contributed by atoms with E-state index in [9.17, 15) is 4.79 Å². The molecule has 2 aromatic carbocycles. The third-order valence-electron chi connectivity index (χ3n) is 4.05. The van der Waals surface area contributed by atoms with Crippen LogP contribution >= 0.6 is 0 Å². The Kier molecular flexibility index (Phi) is 5.33. The Hall–Kier alpha value is -2.82. The molecule has 0 radical (unpaired) electrons. The Morgan fingerprint density at radius 1 is 1.20 bits per heavy atom. The third-order valence-corrected chi connectivity index (χ3v) is 4.05. The summed E-state index contributed by atoms with van der Waals surface area (Å²) < 4.78 is 7.64. The van der Waals surface area contributed by atoms with E-state index in [1.54, 1.807) is 0 Å². The molecule has 5 heteroatoms. The number of amides is 1. The molecule has 3 aromatic rings. The van der Waals surface area contributed by atoms with Crippen LogP contribution in [-0.2, 0) is 11.3 Å². The van der Waals surface area contributed by atoms with Crippen LogP contribution in [0.5, 0.6) is 5.75 Å². The van der Waals surface area contributed by atoms with Crippen LogP contribution in [0.4, 0.5) is 5.69 Å². The van der Waals surface area contributed by atoms with Gasteiger partial charge in [-0.2, -0.15) is 0 Å². The van der Waals surface area contributed by atoms with Crippen molar-refractivity contribution in [3.05, 3.63) is 54.4 Å². The number of carbonyl (C=O) groups is 1. The first kappa shape index (κ1) is 17.0. The highest BCUT2D eigenvalue weighted by Gasteiger charge is 2.07. The van der Waals surface area contributed by atoms with Crippen LogP contribution in [0.25, 0.3) is 11.0 Å². The second-order valence-corrected chi connectivity index (χ2v) is 6.14. The van der Waals surface area contributed by atoms with Crippen molar-refractivity contribution in [2.75, 3.05) is 11.9 Å². The minimum atomic E-state index is -0.189. The predicted molar refractivity (Wildman–Crippen MR) is 99.9 cm³/mol. The molecule has 0 fully saturated rings. The predicted octanol–water partition coefficient (Wildman–Crippen LogP) is 4.16. The van der Waals surface area contributed by atoms with Gasteiger partial charge in [0.05, 0.1) is 17.4 Å². The number of carbonyl (C=O) groups excluding carboxylic acids is 1. The number of fused-ring (bicyclic) bond motifs is 1. The van der Waals surface area contributed by atoms with E-state index in [2.05, 4.69) is 21.8 Å². The largest absolute Gasteiger partial charge is 0.484 e. The zero-order valence-corrected chi connectivity index (χ0v) is 14.7. The summed E-state index contributed by atoms with van der Waals surface area (Å²) in [4.78, 5) is 16.5. The Balaban J connectivity index is 1.60. The van der Waals surface area contributed by atoms with Gasteiger partial charge in [0, 0.05) is 12.2 Å². The van der Waals surface area contributed by atoms with Crippen LogP contribution in [-0.4, -0.2) is 22.1 Å². The molecule has 1 heterocycles.